The minimum atomic E-state index is -0.450. The van der Waals surface area contributed by atoms with E-state index in [4.69, 9.17) is 4.74 Å². The highest BCUT2D eigenvalue weighted by atomic mass is 16.6. The van der Waals surface area contributed by atoms with Crippen LogP contribution in [-0.2, 0) is 17.8 Å². The lowest BCUT2D eigenvalue weighted by atomic mass is 10.2. The van der Waals surface area contributed by atoms with E-state index in [-0.39, 0.29) is 6.09 Å². The van der Waals surface area contributed by atoms with E-state index in [9.17, 15) is 4.79 Å². The molecule has 1 heterocycles. The zero-order chi connectivity index (χ0) is 16.2. The smallest absolute Gasteiger partial charge is 0.407 e. The number of hydrogen-bond acceptors (Lipinski definition) is 3. The van der Waals surface area contributed by atoms with E-state index in [1.54, 1.807) is 0 Å². The maximum atomic E-state index is 11.8. The van der Waals surface area contributed by atoms with Crippen LogP contribution < -0.4 is 10.6 Å². The van der Waals surface area contributed by atoms with Gasteiger partial charge >= 0.3 is 6.09 Å². The summed E-state index contributed by atoms with van der Waals surface area (Å²) in [4.78, 5) is 11.8. The van der Waals surface area contributed by atoms with Crippen molar-refractivity contribution < 1.29 is 9.53 Å². The van der Waals surface area contributed by atoms with Crippen LogP contribution in [0.25, 0.3) is 0 Å². The van der Waals surface area contributed by atoms with Crippen LogP contribution in [0, 0.1) is 5.92 Å². The molecule has 1 aliphatic rings. The SMILES string of the molecule is CCn1cccc1CNC(CNC(=O)OC(C)(C)C)C1CC1. The highest BCUT2D eigenvalue weighted by molar-refractivity contribution is 5.67. The van der Waals surface area contributed by atoms with Crippen LogP contribution in [0.5, 0.6) is 0 Å². The van der Waals surface area contributed by atoms with Gasteiger partial charge in [-0.2, -0.15) is 0 Å². The number of ether oxygens (including phenoxy) is 1. The van der Waals surface area contributed by atoms with Crippen LogP contribution in [0.4, 0.5) is 4.79 Å². The number of amides is 1. The Balaban J connectivity index is 1.79. The second kappa shape index (κ2) is 7.18. The number of carbonyl (C=O) groups excluding carboxylic acids is 1. The Kier molecular flexibility index (Phi) is 5.51. The van der Waals surface area contributed by atoms with E-state index in [2.05, 4.69) is 40.5 Å². The molecule has 5 nitrogen and oxygen atoms in total. The number of aromatic nitrogens is 1. The average Bonchev–Trinajstić information content (AvgIpc) is 3.15. The predicted molar refractivity (Wildman–Crippen MR) is 87.7 cm³/mol. The molecule has 1 aliphatic carbocycles. The van der Waals surface area contributed by atoms with Gasteiger partial charge in [0.15, 0.2) is 0 Å². The molecule has 1 unspecified atom stereocenters. The van der Waals surface area contributed by atoms with Crippen molar-refractivity contribution in [3.8, 4) is 0 Å². The van der Waals surface area contributed by atoms with Crippen LogP contribution >= 0.6 is 0 Å². The van der Waals surface area contributed by atoms with Crippen LogP contribution in [0.15, 0.2) is 18.3 Å². The highest BCUT2D eigenvalue weighted by Crippen LogP contribution is 2.32. The van der Waals surface area contributed by atoms with Gasteiger partial charge in [0.05, 0.1) is 0 Å². The molecule has 0 saturated heterocycles. The molecule has 1 amide bonds. The van der Waals surface area contributed by atoms with Gasteiger partial charge in [0.2, 0.25) is 0 Å². The Hall–Kier alpha value is -1.49. The van der Waals surface area contributed by atoms with Crippen molar-refractivity contribution in [2.45, 2.75) is 65.3 Å². The van der Waals surface area contributed by atoms with E-state index >= 15 is 0 Å². The van der Waals surface area contributed by atoms with E-state index in [1.807, 2.05) is 20.8 Å². The number of nitrogens with one attached hydrogen (secondary N) is 2. The number of aryl methyl sites for hydroxylation is 1. The Bertz CT molecular complexity index is 486. The fourth-order valence-electron chi connectivity index (χ4n) is 2.57. The van der Waals surface area contributed by atoms with E-state index in [1.165, 1.54) is 18.5 Å². The topological polar surface area (TPSA) is 55.3 Å². The van der Waals surface area contributed by atoms with Crippen molar-refractivity contribution in [3.05, 3.63) is 24.0 Å². The van der Waals surface area contributed by atoms with Crippen molar-refractivity contribution in [1.82, 2.24) is 15.2 Å². The summed E-state index contributed by atoms with van der Waals surface area (Å²) in [6.07, 6.45) is 4.24. The van der Waals surface area contributed by atoms with Gasteiger partial charge in [-0.1, -0.05) is 0 Å². The molecule has 124 valence electrons. The maximum absolute atomic E-state index is 11.8. The normalized spacial score (nSPS) is 16.4. The quantitative estimate of drug-likeness (QED) is 0.814. The predicted octanol–water partition coefficient (Wildman–Crippen LogP) is 2.90. The Morgan fingerprint density at radius 3 is 2.77 bits per heavy atom. The average molecular weight is 307 g/mol. The second-order valence-electron chi connectivity index (χ2n) is 6.99. The van der Waals surface area contributed by atoms with Gasteiger partial charge in [-0.05, 0) is 58.6 Å². The van der Waals surface area contributed by atoms with Crippen LogP contribution in [0.1, 0.15) is 46.2 Å². The van der Waals surface area contributed by atoms with Gasteiger partial charge < -0.3 is 19.9 Å². The molecule has 1 saturated carbocycles. The zero-order valence-electron chi connectivity index (χ0n) is 14.2. The third kappa shape index (κ3) is 5.37. The summed E-state index contributed by atoms with van der Waals surface area (Å²) in [6, 6.07) is 4.53. The summed E-state index contributed by atoms with van der Waals surface area (Å²) in [7, 11) is 0. The first-order valence-electron chi connectivity index (χ1n) is 8.23. The van der Waals surface area contributed by atoms with Crippen molar-refractivity contribution in [3.63, 3.8) is 0 Å². The van der Waals surface area contributed by atoms with Gasteiger partial charge in [0.25, 0.3) is 0 Å². The van der Waals surface area contributed by atoms with Gasteiger partial charge in [0.1, 0.15) is 5.60 Å². The molecule has 2 N–H and O–H groups in total. The maximum Gasteiger partial charge on any atom is 0.407 e. The number of carbonyl (C=O) groups is 1. The van der Waals surface area contributed by atoms with Gasteiger partial charge in [0, 0.05) is 37.6 Å². The third-order valence-electron chi connectivity index (χ3n) is 3.87. The molecule has 1 fully saturated rings. The van der Waals surface area contributed by atoms with Crippen LogP contribution in [0.2, 0.25) is 0 Å². The Labute approximate surface area is 133 Å². The summed E-state index contributed by atoms with van der Waals surface area (Å²) >= 11 is 0. The molecule has 0 aromatic carbocycles. The molecule has 1 atom stereocenters. The first-order chi connectivity index (χ1) is 10.4. The molecule has 5 heteroatoms. The molecule has 0 aliphatic heterocycles. The minimum Gasteiger partial charge on any atom is -0.444 e. The van der Waals surface area contributed by atoms with Gasteiger partial charge in [-0.25, -0.2) is 4.79 Å². The Morgan fingerprint density at radius 2 is 2.18 bits per heavy atom. The standard InChI is InChI=1S/C17H29N3O2/c1-5-20-10-6-7-14(20)11-18-15(13-8-9-13)12-19-16(21)22-17(2,3)4/h6-7,10,13,15,18H,5,8-9,11-12H2,1-4H3,(H,19,21). The van der Waals surface area contributed by atoms with Crippen molar-refractivity contribution in [2.75, 3.05) is 6.54 Å². The molecule has 2 rings (SSSR count). The van der Waals surface area contributed by atoms with E-state index < -0.39 is 5.60 Å². The molecule has 22 heavy (non-hydrogen) atoms. The number of alkyl carbamates (subject to hydrolysis) is 1. The Morgan fingerprint density at radius 1 is 1.45 bits per heavy atom. The van der Waals surface area contributed by atoms with Crippen LogP contribution in [-0.4, -0.2) is 28.8 Å². The lowest BCUT2D eigenvalue weighted by Crippen LogP contribution is -2.43. The van der Waals surface area contributed by atoms with Crippen molar-refractivity contribution in [2.24, 2.45) is 5.92 Å². The summed E-state index contributed by atoms with van der Waals surface area (Å²) < 4.78 is 7.53. The fourth-order valence-corrected chi connectivity index (χ4v) is 2.57. The summed E-state index contributed by atoms with van der Waals surface area (Å²) in [5, 5.41) is 6.47. The third-order valence-corrected chi connectivity index (χ3v) is 3.87. The molecule has 1 aromatic heterocycles. The molecule has 1 aromatic rings. The molecular formula is C17H29N3O2. The first-order valence-corrected chi connectivity index (χ1v) is 8.23. The monoisotopic (exact) mass is 307 g/mol. The molecule has 0 radical (unpaired) electrons. The molecule has 0 spiro atoms. The molecule has 0 bridgehead atoms. The summed E-state index contributed by atoms with van der Waals surface area (Å²) in [5.74, 6) is 0.667. The number of nitrogens with zero attached hydrogens (tertiary/aromatic N) is 1. The van der Waals surface area contributed by atoms with E-state index in [0.717, 1.165) is 13.1 Å². The van der Waals surface area contributed by atoms with E-state index in [0.29, 0.717) is 18.5 Å². The second-order valence-corrected chi connectivity index (χ2v) is 6.99. The molecular weight excluding hydrogens is 278 g/mol. The van der Waals surface area contributed by atoms with Crippen molar-refractivity contribution >= 4 is 6.09 Å². The van der Waals surface area contributed by atoms with Crippen molar-refractivity contribution in [1.29, 1.82) is 0 Å². The lowest BCUT2D eigenvalue weighted by molar-refractivity contribution is 0.0521. The first kappa shape index (κ1) is 16.9. The fraction of sp³-hybridized carbons (Fsp3) is 0.706. The minimum absolute atomic E-state index is 0.313. The largest absolute Gasteiger partial charge is 0.444 e. The van der Waals surface area contributed by atoms with Gasteiger partial charge in [-0.3, -0.25) is 0 Å². The number of hydrogen-bond donors (Lipinski definition) is 2. The van der Waals surface area contributed by atoms with Crippen LogP contribution in [0.3, 0.4) is 0 Å². The lowest BCUT2D eigenvalue weighted by Gasteiger charge is -2.23. The summed E-state index contributed by atoms with van der Waals surface area (Å²) in [6.45, 7) is 10.2. The number of rotatable bonds is 7. The summed E-state index contributed by atoms with van der Waals surface area (Å²) in [5.41, 5.74) is 0.833. The zero-order valence-corrected chi connectivity index (χ0v) is 14.2. The highest BCUT2D eigenvalue weighted by Gasteiger charge is 2.31. The van der Waals surface area contributed by atoms with Gasteiger partial charge in [-0.15, -0.1) is 0 Å².